The van der Waals surface area contributed by atoms with E-state index in [1.165, 1.54) is 31.8 Å². The Kier molecular flexibility index (Phi) is 11.8. The highest BCUT2D eigenvalue weighted by atomic mass is 16.2. The summed E-state index contributed by atoms with van der Waals surface area (Å²) in [6.07, 6.45) is 6.33. The normalized spacial score (nSPS) is 10.3. The molecule has 0 atom stereocenters. The first-order chi connectivity index (χ1) is 9.63. The second-order valence-corrected chi connectivity index (χ2v) is 4.82. The number of carbonyl (C=O) groups is 2. The summed E-state index contributed by atoms with van der Waals surface area (Å²) >= 11 is 0. The highest BCUT2D eigenvalue weighted by Crippen LogP contribution is 2.00. The van der Waals surface area contributed by atoms with Gasteiger partial charge in [0, 0.05) is 13.0 Å². The number of hydrogen-bond donors (Lipinski definition) is 2. The Labute approximate surface area is 122 Å². The monoisotopic (exact) mass is 283 g/mol. The minimum atomic E-state index is -0.280. The maximum atomic E-state index is 11.7. The Hall–Kier alpha value is -1.36. The lowest BCUT2D eigenvalue weighted by molar-refractivity contribution is -0.121. The van der Waals surface area contributed by atoms with Gasteiger partial charge in [0.2, 0.25) is 11.8 Å². The molecule has 0 aromatic carbocycles. The zero-order valence-electron chi connectivity index (χ0n) is 12.9. The molecular formula is C15H29N3O2. The SMILES string of the molecule is C=CC(=O)NCNC(=O)CCN(CCCC)CCCC. The quantitative estimate of drug-likeness (QED) is 0.423. The molecular weight excluding hydrogens is 254 g/mol. The van der Waals surface area contributed by atoms with E-state index in [2.05, 4.69) is 36.0 Å². The maximum Gasteiger partial charge on any atom is 0.244 e. The van der Waals surface area contributed by atoms with E-state index in [1.54, 1.807) is 0 Å². The summed E-state index contributed by atoms with van der Waals surface area (Å²) in [5, 5.41) is 5.19. The maximum absolute atomic E-state index is 11.7. The Morgan fingerprint density at radius 3 is 2.15 bits per heavy atom. The third-order valence-electron chi connectivity index (χ3n) is 3.04. The van der Waals surface area contributed by atoms with E-state index in [1.807, 2.05) is 0 Å². The lowest BCUT2D eigenvalue weighted by Gasteiger charge is -2.21. The zero-order valence-corrected chi connectivity index (χ0v) is 12.9. The van der Waals surface area contributed by atoms with Gasteiger partial charge in [-0.25, -0.2) is 0 Å². The number of nitrogens with one attached hydrogen (secondary N) is 2. The van der Waals surface area contributed by atoms with Crippen molar-refractivity contribution in [3.63, 3.8) is 0 Å². The average Bonchev–Trinajstić information content (AvgIpc) is 2.46. The number of rotatable bonds is 12. The van der Waals surface area contributed by atoms with Crippen molar-refractivity contribution in [3.8, 4) is 0 Å². The number of hydrogen-bond acceptors (Lipinski definition) is 3. The molecule has 0 unspecified atom stereocenters. The second kappa shape index (κ2) is 12.7. The van der Waals surface area contributed by atoms with E-state index >= 15 is 0 Å². The molecule has 0 heterocycles. The molecule has 20 heavy (non-hydrogen) atoms. The Balaban J connectivity index is 3.84. The summed E-state index contributed by atoms with van der Waals surface area (Å²) in [5.74, 6) is -0.315. The van der Waals surface area contributed by atoms with Crippen LogP contribution in [-0.4, -0.2) is 43.0 Å². The molecule has 5 heteroatoms. The summed E-state index contributed by atoms with van der Waals surface area (Å²) in [4.78, 5) is 24.9. The summed E-state index contributed by atoms with van der Waals surface area (Å²) in [7, 11) is 0. The summed E-state index contributed by atoms with van der Waals surface area (Å²) < 4.78 is 0. The highest BCUT2D eigenvalue weighted by molar-refractivity contribution is 5.87. The van der Waals surface area contributed by atoms with Crippen molar-refractivity contribution in [1.29, 1.82) is 0 Å². The van der Waals surface area contributed by atoms with Gasteiger partial charge in [0.05, 0.1) is 6.67 Å². The standard InChI is InChI=1S/C15H29N3O2/c1-4-7-10-18(11-8-5-2)12-9-15(20)17-13-16-14(19)6-3/h6H,3-5,7-13H2,1-2H3,(H,16,19)(H,17,20). The van der Waals surface area contributed by atoms with Gasteiger partial charge in [0.1, 0.15) is 0 Å². The minimum Gasteiger partial charge on any atom is -0.339 e. The lowest BCUT2D eigenvalue weighted by Crippen LogP contribution is -2.38. The van der Waals surface area contributed by atoms with Gasteiger partial charge in [-0.2, -0.15) is 0 Å². The zero-order chi connectivity index (χ0) is 15.2. The molecule has 0 bridgehead atoms. The summed E-state index contributed by atoms with van der Waals surface area (Å²) in [6, 6.07) is 0. The number of carbonyl (C=O) groups excluding carboxylic acids is 2. The third kappa shape index (κ3) is 10.6. The Morgan fingerprint density at radius 2 is 1.65 bits per heavy atom. The van der Waals surface area contributed by atoms with Crippen LogP contribution in [0, 0.1) is 0 Å². The van der Waals surface area contributed by atoms with Gasteiger partial charge in [-0.05, 0) is 32.0 Å². The molecule has 0 spiro atoms. The predicted molar refractivity (Wildman–Crippen MR) is 82.2 cm³/mol. The van der Waals surface area contributed by atoms with Crippen molar-refractivity contribution in [2.45, 2.75) is 46.0 Å². The molecule has 0 aliphatic carbocycles. The van der Waals surface area contributed by atoms with E-state index in [9.17, 15) is 9.59 Å². The lowest BCUT2D eigenvalue weighted by atomic mass is 10.2. The van der Waals surface area contributed by atoms with Gasteiger partial charge in [-0.3, -0.25) is 9.59 Å². The molecule has 0 aromatic heterocycles. The molecule has 2 N–H and O–H groups in total. The van der Waals surface area contributed by atoms with Crippen molar-refractivity contribution >= 4 is 11.8 Å². The molecule has 0 aliphatic rings. The topological polar surface area (TPSA) is 61.4 Å². The molecule has 5 nitrogen and oxygen atoms in total. The Bertz CT molecular complexity index is 285. The fourth-order valence-electron chi connectivity index (χ4n) is 1.75. The van der Waals surface area contributed by atoms with Crippen molar-refractivity contribution < 1.29 is 9.59 Å². The first kappa shape index (κ1) is 18.6. The van der Waals surface area contributed by atoms with Crippen molar-refractivity contribution in [1.82, 2.24) is 15.5 Å². The van der Waals surface area contributed by atoms with Crippen LogP contribution in [0.5, 0.6) is 0 Å². The number of nitrogens with zero attached hydrogens (tertiary/aromatic N) is 1. The van der Waals surface area contributed by atoms with Crippen molar-refractivity contribution in [2.24, 2.45) is 0 Å². The van der Waals surface area contributed by atoms with Gasteiger partial charge >= 0.3 is 0 Å². The summed E-state index contributed by atoms with van der Waals surface area (Å²) in [6.45, 7) is 10.7. The van der Waals surface area contributed by atoms with E-state index in [0.717, 1.165) is 19.6 Å². The largest absolute Gasteiger partial charge is 0.339 e. The molecule has 0 aliphatic heterocycles. The first-order valence-electron chi connectivity index (χ1n) is 7.53. The molecule has 0 fully saturated rings. The van der Waals surface area contributed by atoms with Crippen LogP contribution in [0.15, 0.2) is 12.7 Å². The second-order valence-electron chi connectivity index (χ2n) is 4.82. The van der Waals surface area contributed by atoms with Crippen molar-refractivity contribution in [3.05, 3.63) is 12.7 Å². The van der Waals surface area contributed by atoms with Gasteiger partial charge in [0.15, 0.2) is 0 Å². The molecule has 116 valence electrons. The van der Waals surface area contributed by atoms with Crippen LogP contribution in [0.4, 0.5) is 0 Å². The van der Waals surface area contributed by atoms with E-state index in [0.29, 0.717) is 6.42 Å². The van der Waals surface area contributed by atoms with Gasteiger partial charge in [-0.1, -0.05) is 33.3 Å². The van der Waals surface area contributed by atoms with Crippen LogP contribution in [0.1, 0.15) is 46.0 Å². The van der Waals surface area contributed by atoms with E-state index in [4.69, 9.17) is 0 Å². The molecule has 0 saturated carbocycles. The highest BCUT2D eigenvalue weighted by Gasteiger charge is 2.07. The van der Waals surface area contributed by atoms with Gasteiger partial charge in [-0.15, -0.1) is 0 Å². The van der Waals surface area contributed by atoms with Crippen LogP contribution in [0.2, 0.25) is 0 Å². The van der Waals surface area contributed by atoms with Crippen molar-refractivity contribution in [2.75, 3.05) is 26.3 Å². The average molecular weight is 283 g/mol. The molecule has 0 saturated heterocycles. The van der Waals surface area contributed by atoms with Crippen LogP contribution < -0.4 is 10.6 Å². The molecule has 2 amide bonds. The summed E-state index contributed by atoms with van der Waals surface area (Å²) in [5.41, 5.74) is 0. The van der Waals surface area contributed by atoms with Crippen LogP contribution in [0.3, 0.4) is 0 Å². The Morgan fingerprint density at radius 1 is 1.05 bits per heavy atom. The van der Waals surface area contributed by atoms with E-state index in [-0.39, 0.29) is 18.5 Å². The molecule has 0 radical (unpaired) electrons. The van der Waals surface area contributed by atoms with Gasteiger partial charge < -0.3 is 15.5 Å². The van der Waals surface area contributed by atoms with Crippen LogP contribution in [0.25, 0.3) is 0 Å². The van der Waals surface area contributed by atoms with E-state index < -0.39 is 0 Å². The first-order valence-corrected chi connectivity index (χ1v) is 7.53. The fourth-order valence-corrected chi connectivity index (χ4v) is 1.75. The minimum absolute atomic E-state index is 0.0349. The number of unbranched alkanes of at least 4 members (excludes halogenated alkanes) is 2. The molecule has 0 aromatic rings. The smallest absolute Gasteiger partial charge is 0.244 e. The van der Waals surface area contributed by atoms with Gasteiger partial charge in [0.25, 0.3) is 0 Å². The predicted octanol–water partition coefficient (Wildman–Crippen LogP) is 1.65. The van der Waals surface area contributed by atoms with Crippen LogP contribution >= 0.6 is 0 Å². The third-order valence-corrected chi connectivity index (χ3v) is 3.04. The van der Waals surface area contributed by atoms with Crippen LogP contribution in [-0.2, 0) is 9.59 Å². The molecule has 0 rings (SSSR count). The fraction of sp³-hybridized carbons (Fsp3) is 0.733. The number of amides is 2.